The number of rotatable bonds is 11. The Labute approximate surface area is 174 Å². The number of pyridine rings is 1. The van der Waals surface area contributed by atoms with Crippen LogP contribution in [0.2, 0.25) is 0 Å². The zero-order valence-electron chi connectivity index (χ0n) is 15.8. The minimum absolute atomic E-state index is 0. The normalized spacial score (nSPS) is 17.0. The average molecular weight is 476 g/mol. The molecule has 1 unspecified atom stereocenters. The summed E-state index contributed by atoms with van der Waals surface area (Å²) in [5.41, 5.74) is 6.96. The molecular formula is C19H33IN4O2. The molecule has 1 aromatic heterocycles. The number of unbranched alkanes of at least 4 members (excludes halogenated alkanes) is 5. The van der Waals surface area contributed by atoms with Crippen molar-refractivity contribution in [3.63, 3.8) is 0 Å². The second kappa shape index (κ2) is 14.0. The molecule has 1 aliphatic heterocycles. The number of nitrogens with zero attached hydrogens (tertiary/aromatic N) is 2. The Balaban J connectivity index is 0.00000338. The molecule has 0 spiro atoms. The highest BCUT2D eigenvalue weighted by molar-refractivity contribution is 14.0. The summed E-state index contributed by atoms with van der Waals surface area (Å²) in [6.45, 7) is 5.04. The third-order valence-corrected chi connectivity index (χ3v) is 4.24. The first-order chi connectivity index (χ1) is 12.3. The number of halogens is 1. The number of nitrogens with two attached hydrogens (primary N) is 1. The van der Waals surface area contributed by atoms with Crippen molar-refractivity contribution in [1.29, 1.82) is 0 Å². The van der Waals surface area contributed by atoms with Gasteiger partial charge in [-0.05, 0) is 18.1 Å². The Morgan fingerprint density at radius 1 is 1.35 bits per heavy atom. The fourth-order valence-electron chi connectivity index (χ4n) is 2.74. The quantitative estimate of drug-likeness (QED) is 0.221. The molecular weight excluding hydrogens is 443 g/mol. The van der Waals surface area contributed by atoms with E-state index in [0.29, 0.717) is 25.0 Å². The van der Waals surface area contributed by atoms with Gasteiger partial charge in [-0.3, -0.25) is 0 Å². The summed E-state index contributed by atoms with van der Waals surface area (Å²) < 4.78 is 11.1. The minimum atomic E-state index is 0. The summed E-state index contributed by atoms with van der Waals surface area (Å²) in [7, 11) is 0. The van der Waals surface area contributed by atoms with Crippen molar-refractivity contribution in [2.45, 2.75) is 64.5 Å². The number of aliphatic imine (C=N–C) groups is 1. The predicted molar refractivity (Wildman–Crippen MR) is 116 cm³/mol. The number of guanidine groups is 1. The lowest BCUT2D eigenvalue weighted by Gasteiger charge is -2.11. The number of nitrogens with one attached hydrogen (secondary N) is 1. The molecule has 1 saturated heterocycles. The van der Waals surface area contributed by atoms with Crippen LogP contribution in [0.5, 0.6) is 5.88 Å². The Morgan fingerprint density at radius 3 is 2.92 bits per heavy atom. The van der Waals surface area contributed by atoms with Gasteiger partial charge in [0.1, 0.15) is 6.10 Å². The molecule has 7 heteroatoms. The van der Waals surface area contributed by atoms with Gasteiger partial charge in [0.25, 0.3) is 0 Å². The minimum Gasteiger partial charge on any atom is -0.472 e. The van der Waals surface area contributed by atoms with Crippen LogP contribution >= 0.6 is 24.0 Å². The topological polar surface area (TPSA) is 81.8 Å². The third-order valence-electron chi connectivity index (χ3n) is 4.24. The van der Waals surface area contributed by atoms with Gasteiger partial charge in [0.05, 0.1) is 19.8 Å². The van der Waals surface area contributed by atoms with Crippen molar-refractivity contribution >= 4 is 29.9 Å². The first-order valence-corrected chi connectivity index (χ1v) is 9.51. The highest BCUT2D eigenvalue weighted by atomic mass is 127. The SMILES string of the molecule is CCCCCCCCNC(N)=NCc1ccnc(OC2CCOC2)c1.I. The van der Waals surface area contributed by atoms with Crippen LogP contribution in [0.3, 0.4) is 0 Å². The van der Waals surface area contributed by atoms with Crippen molar-refractivity contribution in [1.82, 2.24) is 10.3 Å². The third kappa shape index (κ3) is 9.56. The largest absolute Gasteiger partial charge is 0.472 e. The molecule has 6 nitrogen and oxygen atoms in total. The van der Waals surface area contributed by atoms with E-state index in [1.807, 2.05) is 12.1 Å². The average Bonchev–Trinajstić information content (AvgIpc) is 3.12. The molecule has 26 heavy (non-hydrogen) atoms. The van der Waals surface area contributed by atoms with Crippen molar-refractivity contribution in [2.24, 2.45) is 10.7 Å². The van der Waals surface area contributed by atoms with E-state index in [1.54, 1.807) is 6.20 Å². The van der Waals surface area contributed by atoms with Gasteiger partial charge in [0.15, 0.2) is 5.96 Å². The molecule has 0 aromatic carbocycles. The van der Waals surface area contributed by atoms with Crippen LogP contribution in [0, 0.1) is 0 Å². The molecule has 2 heterocycles. The maximum Gasteiger partial charge on any atom is 0.213 e. The summed E-state index contributed by atoms with van der Waals surface area (Å²) in [4.78, 5) is 8.64. The summed E-state index contributed by atoms with van der Waals surface area (Å²) >= 11 is 0. The smallest absolute Gasteiger partial charge is 0.213 e. The lowest BCUT2D eigenvalue weighted by atomic mass is 10.1. The van der Waals surface area contributed by atoms with E-state index in [1.165, 1.54) is 32.1 Å². The summed E-state index contributed by atoms with van der Waals surface area (Å²) in [6.07, 6.45) is 10.4. The highest BCUT2D eigenvalue weighted by Gasteiger charge is 2.17. The second-order valence-electron chi connectivity index (χ2n) is 6.50. The van der Waals surface area contributed by atoms with Crippen LogP contribution in [0.15, 0.2) is 23.3 Å². The summed E-state index contributed by atoms with van der Waals surface area (Å²) in [6, 6.07) is 3.85. The van der Waals surface area contributed by atoms with Crippen LogP contribution < -0.4 is 15.8 Å². The molecule has 1 fully saturated rings. The van der Waals surface area contributed by atoms with Crippen LogP contribution in [0.4, 0.5) is 0 Å². The monoisotopic (exact) mass is 476 g/mol. The van der Waals surface area contributed by atoms with E-state index >= 15 is 0 Å². The Kier molecular flexibility index (Phi) is 12.4. The van der Waals surface area contributed by atoms with Crippen LogP contribution in [0.1, 0.15) is 57.4 Å². The van der Waals surface area contributed by atoms with Gasteiger partial charge in [-0.15, -0.1) is 24.0 Å². The van der Waals surface area contributed by atoms with Crippen molar-refractivity contribution in [3.8, 4) is 5.88 Å². The van der Waals surface area contributed by atoms with Crippen LogP contribution in [-0.4, -0.2) is 36.8 Å². The lowest BCUT2D eigenvalue weighted by Crippen LogP contribution is -2.32. The summed E-state index contributed by atoms with van der Waals surface area (Å²) in [5, 5.41) is 3.18. The Morgan fingerprint density at radius 2 is 2.15 bits per heavy atom. The van der Waals surface area contributed by atoms with Gasteiger partial charge in [-0.25, -0.2) is 9.98 Å². The molecule has 0 bridgehead atoms. The standard InChI is InChI=1S/C19H32N4O2.HI/c1-2-3-4-5-6-7-10-22-19(20)23-14-16-8-11-21-18(13-16)25-17-9-12-24-15-17;/h8,11,13,17H,2-7,9-10,12,14-15H2,1H3,(H3,20,22,23);1H. The highest BCUT2D eigenvalue weighted by Crippen LogP contribution is 2.16. The Hall–Kier alpha value is -1.09. The van der Waals surface area contributed by atoms with Crippen LogP contribution in [0.25, 0.3) is 0 Å². The molecule has 1 aromatic rings. The van der Waals surface area contributed by atoms with E-state index in [-0.39, 0.29) is 30.1 Å². The fraction of sp³-hybridized carbons (Fsp3) is 0.684. The molecule has 2 rings (SSSR count). The molecule has 3 N–H and O–H groups in total. The number of hydrogen-bond acceptors (Lipinski definition) is 4. The van der Waals surface area contributed by atoms with Gasteiger partial charge in [-0.2, -0.15) is 0 Å². The van der Waals surface area contributed by atoms with Gasteiger partial charge in [0.2, 0.25) is 5.88 Å². The van der Waals surface area contributed by atoms with Crippen molar-refractivity contribution < 1.29 is 9.47 Å². The van der Waals surface area contributed by atoms with Crippen LogP contribution in [-0.2, 0) is 11.3 Å². The lowest BCUT2D eigenvalue weighted by molar-refractivity contribution is 0.138. The molecule has 0 amide bonds. The first kappa shape index (κ1) is 23.0. The Bertz CT molecular complexity index is 522. The molecule has 0 radical (unpaired) electrons. The van der Waals surface area contributed by atoms with Crippen molar-refractivity contribution in [2.75, 3.05) is 19.8 Å². The van der Waals surface area contributed by atoms with E-state index < -0.39 is 0 Å². The zero-order valence-corrected chi connectivity index (χ0v) is 18.1. The van der Waals surface area contributed by atoms with E-state index in [2.05, 4.69) is 22.2 Å². The molecule has 1 aliphatic rings. The number of ether oxygens (including phenoxy) is 2. The van der Waals surface area contributed by atoms with Gasteiger partial charge >= 0.3 is 0 Å². The van der Waals surface area contributed by atoms with E-state index in [9.17, 15) is 0 Å². The molecule has 148 valence electrons. The molecule has 0 saturated carbocycles. The predicted octanol–water partition coefficient (Wildman–Crippen LogP) is 3.63. The maximum atomic E-state index is 5.93. The first-order valence-electron chi connectivity index (χ1n) is 9.51. The van der Waals surface area contributed by atoms with E-state index in [4.69, 9.17) is 15.2 Å². The molecule has 0 aliphatic carbocycles. The van der Waals surface area contributed by atoms with Gasteiger partial charge in [-0.1, -0.05) is 39.0 Å². The van der Waals surface area contributed by atoms with Gasteiger partial charge < -0.3 is 20.5 Å². The fourth-order valence-corrected chi connectivity index (χ4v) is 2.74. The zero-order chi connectivity index (χ0) is 17.7. The number of hydrogen-bond donors (Lipinski definition) is 2. The second-order valence-corrected chi connectivity index (χ2v) is 6.50. The van der Waals surface area contributed by atoms with Crippen molar-refractivity contribution in [3.05, 3.63) is 23.9 Å². The van der Waals surface area contributed by atoms with E-state index in [0.717, 1.165) is 31.6 Å². The number of aromatic nitrogens is 1. The molecule has 1 atom stereocenters. The summed E-state index contributed by atoms with van der Waals surface area (Å²) in [5.74, 6) is 1.12. The maximum absolute atomic E-state index is 5.93. The van der Waals surface area contributed by atoms with Gasteiger partial charge in [0, 0.05) is 25.2 Å².